The zero-order chi connectivity index (χ0) is 18.1. The van der Waals surface area contributed by atoms with Crippen LogP contribution in [0.1, 0.15) is 21.5 Å². The van der Waals surface area contributed by atoms with Gasteiger partial charge in [-0.15, -0.1) is 0 Å². The highest BCUT2D eigenvalue weighted by Gasteiger charge is 2.19. The molecular weight excluding hydrogens is 332 g/mol. The molecule has 0 fully saturated rings. The Balaban J connectivity index is 2.41. The fourth-order valence-electron chi connectivity index (χ4n) is 2.22. The molecule has 1 N–H and O–H groups in total. The van der Waals surface area contributed by atoms with Crippen LogP contribution in [0.5, 0.6) is 0 Å². The Labute approximate surface area is 139 Å². The summed E-state index contributed by atoms with van der Waals surface area (Å²) >= 11 is 0. The lowest BCUT2D eigenvalue weighted by Crippen LogP contribution is -2.15. The molecule has 7 nitrogen and oxygen atoms in total. The number of amides is 1. The maximum Gasteiger partial charge on any atom is 0.273 e. The van der Waals surface area contributed by atoms with Gasteiger partial charge in [-0.05, 0) is 37.6 Å². The highest BCUT2D eigenvalue weighted by molar-refractivity contribution is 7.90. The molecule has 0 heterocycles. The summed E-state index contributed by atoms with van der Waals surface area (Å²) in [4.78, 5) is 22.9. The molecule has 0 bridgehead atoms. The van der Waals surface area contributed by atoms with E-state index in [0.717, 1.165) is 6.26 Å². The van der Waals surface area contributed by atoms with E-state index in [0.29, 0.717) is 11.3 Å². The molecule has 0 saturated carbocycles. The Hall–Kier alpha value is -2.74. The molecule has 0 unspecified atom stereocenters. The lowest BCUT2D eigenvalue weighted by Gasteiger charge is -2.11. The number of aryl methyl sites for hydroxylation is 1. The van der Waals surface area contributed by atoms with E-state index in [1.54, 1.807) is 13.0 Å². The van der Waals surface area contributed by atoms with Crippen molar-refractivity contribution in [3.05, 3.63) is 63.2 Å². The Kier molecular flexibility index (Phi) is 4.70. The Morgan fingerprint density at radius 1 is 1.17 bits per heavy atom. The van der Waals surface area contributed by atoms with Crippen molar-refractivity contribution < 1.29 is 18.1 Å². The minimum absolute atomic E-state index is 0.0826. The van der Waals surface area contributed by atoms with Gasteiger partial charge in [-0.1, -0.05) is 12.1 Å². The third-order valence-electron chi connectivity index (χ3n) is 3.63. The average Bonchev–Trinajstić information content (AvgIpc) is 2.48. The summed E-state index contributed by atoms with van der Waals surface area (Å²) < 4.78 is 23.3. The van der Waals surface area contributed by atoms with E-state index in [2.05, 4.69) is 5.32 Å². The summed E-state index contributed by atoms with van der Waals surface area (Å²) in [5, 5.41) is 13.6. The molecule has 0 radical (unpaired) electrons. The van der Waals surface area contributed by atoms with Crippen molar-refractivity contribution in [3.8, 4) is 0 Å². The number of sulfone groups is 1. The number of benzene rings is 2. The quantitative estimate of drug-likeness (QED) is 0.675. The number of carbonyl (C=O) groups is 1. The van der Waals surface area contributed by atoms with E-state index in [-0.39, 0.29) is 21.7 Å². The monoisotopic (exact) mass is 348 g/mol. The first-order valence-electron chi connectivity index (χ1n) is 6.97. The van der Waals surface area contributed by atoms with Gasteiger partial charge in [-0.25, -0.2) is 8.42 Å². The van der Waals surface area contributed by atoms with Crippen molar-refractivity contribution in [3.63, 3.8) is 0 Å². The minimum Gasteiger partial charge on any atom is -0.322 e. The number of nitrogens with one attached hydrogen (secondary N) is 1. The summed E-state index contributed by atoms with van der Waals surface area (Å²) in [5.41, 5.74) is 1.28. The first kappa shape index (κ1) is 17.6. The number of anilines is 1. The Morgan fingerprint density at radius 2 is 1.83 bits per heavy atom. The number of hydrogen-bond donors (Lipinski definition) is 1. The second kappa shape index (κ2) is 6.40. The second-order valence-corrected chi connectivity index (χ2v) is 7.43. The summed E-state index contributed by atoms with van der Waals surface area (Å²) in [6, 6.07) is 8.65. The van der Waals surface area contributed by atoms with E-state index >= 15 is 0 Å². The van der Waals surface area contributed by atoms with E-state index in [4.69, 9.17) is 0 Å². The molecule has 2 rings (SSSR count). The number of hydrogen-bond acceptors (Lipinski definition) is 5. The van der Waals surface area contributed by atoms with Crippen LogP contribution in [-0.4, -0.2) is 25.5 Å². The molecule has 0 aliphatic carbocycles. The first-order chi connectivity index (χ1) is 11.1. The van der Waals surface area contributed by atoms with E-state index in [9.17, 15) is 23.3 Å². The van der Waals surface area contributed by atoms with Crippen molar-refractivity contribution in [2.24, 2.45) is 0 Å². The molecule has 2 aromatic carbocycles. The Bertz CT molecular complexity index is 935. The smallest absolute Gasteiger partial charge is 0.273 e. The number of carbonyl (C=O) groups excluding carboxylic acids is 1. The van der Waals surface area contributed by atoms with Gasteiger partial charge >= 0.3 is 0 Å². The summed E-state index contributed by atoms with van der Waals surface area (Å²) in [7, 11) is -3.41. The zero-order valence-corrected chi connectivity index (χ0v) is 14.2. The summed E-state index contributed by atoms with van der Waals surface area (Å²) in [6.45, 7) is 3.22. The Morgan fingerprint density at radius 3 is 2.42 bits per heavy atom. The normalized spacial score (nSPS) is 11.1. The van der Waals surface area contributed by atoms with Gasteiger partial charge in [0.15, 0.2) is 9.84 Å². The van der Waals surface area contributed by atoms with Crippen molar-refractivity contribution in [2.75, 3.05) is 11.6 Å². The van der Waals surface area contributed by atoms with Gasteiger partial charge in [0.1, 0.15) is 0 Å². The van der Waals surface area contributed by atoms with Crippen LogP contribution in [0.3, 0.4) is 0 Å². The molecular formula is C16H16N2O5S. The summed E-state index contributed by atoms with van der Waals surface area (Å²) in [5.74, 6) is -0.537. The van der Waals surface area contributed by atoms with Crippen molar-refractivity contribution in [1.29, 1.82) is 0 Å². The lowest BCUT2D eigenvalue weighted by atomic mass is 10.1. The van der Waals surface area contributed by atoms with Crippen LogP contribution in [0, 0.1) is 24.0 Å². The number of nitro groups is 1. The fraction of sp³-hybridized carbons (Fsp3) is 0.188. The maximum absolute atomic E-state index is 12.4. The molecule has 8 heteroatoms. The standard InChI is InChI=1S/C16H16N2O5S/c1-10-7-8-12(24(3,22)23)9-14(10)17-16(19)13-5-4-6-15(11(13)2)18(20)21/h4-9H,1-3H3,(H,17,19). The zero-order valence-electron chi connectivity index (χ0n) is 13.4. The van der Waals surface area contributed by atoms with Crippen molar-refractivity contribution >= 4 is 27.1 Å². The predicted octanol–water partition coefficient (Wildman–Crippen LogP) is 2.87. The number of nitro benzene ring substituents is 1. The number of nitrogens with zero attached hydrogens (tertiary/aromatic N) is 1. The van der Waals surface area contributed by atoms with E-state index in [1.807, 2.05) is 0 Å². The SMILES string of the molecule is Cc1ccc(S(C)(=O)=O)cc1NC(=O)c1cccc([N+](=O)[O-])c1C. The highest BCUT2D eigenvalue weighted by atomic mass is 32.2. The molecule has 0 aromatic heterocycles. The van der Waals surface area contributed by atoms with Crippen LogP contribution in [0.4, 0.5) is 11.4 Å². The van der Waals surface area contributed by atoms with Gasteiger partial charge in [0, 0.05) is 29.1 Å². The molecule has 24 heavy (non-hydrogen) atoms. The van der Waals surface area contributed by atoms with E-state index in [1.165, 1.54) is 37.3 Å². The fourth-order valence-corrected chi connectivity index (χ4v) is 2.87. The minimum atomic E-state index is -3.41. The predicted molar refractivity (Wildman–Crippen MR) is 90.1 cm³/mol. The van der Waals surface area contributed by atoms with Crippen LogP contribution in [0.15, 0.2) is 41.3 Å². The van der Waals surface area contributed by atoms with E-state index < -0.39 is 20.7 Å². The van der Waals surface area contributed by atoms with Gasteiger partial charge < -0.3 is 5.32 Å². The number of rotatable bonds is 4. The summed E-state index contributed by atoms with van der Waals surface area (Å²) in [6.07, 6.45) is 1.08. The molecule has 0 saturated heterocycles. The molecule has 0 aliphatic rings. The third-order valence-corrected chi connectivity index (χ3v) is 4.74. The van der Waals surface area contributed by atoms with Gasteiger partial charge in [-0.2, -0.15) is 0 Å². The van der Waals surface area contributed by atoms with Crippen LogP contribution >= 0.6 is 0 Å². The molecule has 0 aliphatic heterocycles. The average molecular weight is 348 g/mol. The van der Waals surface area contributed by atoms with Crippen LogP contribution in [0.2, 0.25) is 0 Å². The van der Waals surface area contributed by atoms with Gasteiger partial charge in [0.25, 0.3) is 11.6 Å². The van der Waals surface area contributed by atoms with Gasteiger partial charge in [0.2, 0.25) is 0 Å². The van der Waals surface area contributed by atoms with Crippen LogP contribution in [0.25, 0.3) is 0 Å². The molecule has 0 atom stereocenters. The second-order valence-electron chi connectivity index (χ2n) is 5.41. The van der Waals surface area contributed by atoms with Crippen LogP contribution < -0.4 is 5.32 Å². The lowest BCUT2D eigenvalue weighted by molar-refractivity contribution is -0.385. The van der Waals surface area contributed by atoms with Crippen molar-refractivity contribution in [2.45, 2.75) is 18.7 Å². The van der Waals surface area contributed by atoms with Gasteiger partial charge in [-0.3, -0.25) is 14.9 Å². The third kappa shape index (κ3) is 3.60. The van der Waals surface area contributed by atoms with Crippen LogP contribution in [-0.2, 0) is 9.84 Å². The largest absolute Gasteiger partial charge is 0.322 e. The highest BCUT2D eigenvalue weighted by Crippen LogP contribution is 2.24. The topological polar surface area (TPSA) is 106 Å². The molecule has 2 aromatic rings. The van der Waals surface area contributed by atoms with Crippen molar-refractivity contribution in [1.82, 2.24) is 0 Å². The molecule has 1 amide bonds. The van der Waals surface area contributed by atoms with Gasteiger partial charge in [0.05, 0.1) is 9.82 Å². The maximum atomic E-state index is 12.4. The molecule has 126 valence electrons. The first-order valence-corrected chi connectivity index (χ1v) is 8.86. The molecule has 0 spiro atoms.